The van der Waals surface area contributed by atoms with Crippen LogP contribution in [0, 0.1) is 0 Å². The molecule has 0 rings (SSSR count). The molecule has 0 aromatic carbocycles. The largest absolute Gasteiger partial charge is 0.460 e. The predicted octanol–water partition coefficient (Wildman–Crippen LogP) is 5.58. The second-order valence-corrected chi connectivity index (χ2v) is 6.70. The highest BCUT2D eigenvalue weighted by molar-refractivity contribution is 5.69. The van der Waals surface area contributed by atoms with Crippen LogP contribution in [0.3, 0.4) is 0 Å². The Morgan fingerprint density at radius 1 is 0.950 bits per heavy atom. The highest BCUT2D eigenvalue weighted by Gasteiger charge is 2.15. The molecule has 2 heteroatoms. The first kappa shape index (κ1) is 18.9. The van der Waals surface area contributed by atoms with Gasteiger partial charge in [0.05, 0.1) is 0 Å². The minimum absolute atomic E-state index is 0.0817. The Bertz CT molecular complexity index is 339. The van der Waals surface area contributed by atoms with Gasteiger partial charge in [-0.3, -0.25) is 4.79 Å². The van der Waals surface area contributed by atoms with Gasteiger partial charge in [0.15, 0.2) is 0 Å². The van der Waals surface area contributed by atoms with Crippen molar-refractivity contribution in [2.45, 2.75) is 85.7 Å². The molecule has 0 radical (unpaired) electrons. The molecule has 0 aliphatic rings. The number of carbonyl (C=O) groups is 1. The molecule has 0 atom stereocenters. The second-order valence-electron chi connectivity index (χ2n) is 6.70. The lowest BCUT2D eigenvalue weighted by molar-refractivity contribution is -0.154. The minimum atomic E-state index is -0.363. The first-order chi connectivity index (χ1) is 9.20. The van der Waals surface area contributed by atoms with Crippen molar-refractivity contribution in [2.75, 3.05) is 0 Å². The van der Waals surface area contributed by atoms with Gasteiger partial charge < -0.3 is 4.74 Å². The van der Waals surface area contributed by atoms with Gasteiger partial charge in [0, 0.05) is 6.42 Å². The molecule has 20 heavy (non-hydrogen) atoms. The van der Waals surface area contributed by atoms with E-state index in [9.17, 15) is 4.79 Å². The Morgan fingerprint density at radius 2 is 1.60 bits per heavy atom. The summed E-state index contributed by atoms with van der Waals surface area (Å²) in [6, 6.07) is 0. The zero-order chi connectivity index (χ0) is 15.6. The average molecular weight is 280 g/mol. The van der Waals surface area contributed by atoms with Crippen LogP contribution < -0.4 is 0 Å². The van der Waals surface area contributed by atoms with Crippen LogP contribution in [0.5, 0.6) is 0 Å². The molecule has 0 heterocycles. The van der Waals surface area contributed by atoms with Crippen molar-refractivity contribution in [1.29, 1.82) is 0 Å². The summed E-state index contributed by atoms with van der Waals surface area (Å²) in [5.41, 5.74) is 2.47. The zero-order valence-corrected chi connectivity index (χ0v) is 14.2. The van der Waals surface area contributed by atoms with Gasteiger partial charge in [0.25, 0.3) is 0 Å². The maximum atomic E-state index is 11.5. The number of allylic oxidation sites excluding steroid dienone is 4. The van der Waals surface area contributed by atoms with E-state index in [-0.39, 0.29) is 11.6 Å². The molecule has 0 aliphatic heterocycles. The van der Waals surface area contributed by atoms with Crippen LogP contribution in [0.25, 0.3) is 0 Å². The third-order valence-corrected chi connectivity index (χ3v) is 2.84. The first-order valence-corrected chi connectivity index (χ1v) is 7.71. The van der Waals surface area contributed by atoms with E-state index >= 15 is 0 Å². The molecule has 0 fully saturated rings. The summed E-state index contributed by atoms with van der Waals surface area (Å²) in [7, 11) is 0. The summed E-state index contributed by atoms with van der Waals surface area (Å²) in [5, 5.41) is 0. The lowest BCUT2D eigenvalue weighted by atomic mass is 10.1. The number of carbonyl (C=O) groups excluding carboxylic acids is 1. The molecule has 0 bridgehead atoms. The monoisotopic (exact) mass is 280 g/mol. The van der Waals surface area contributed by atoms with Crippen LogP contribution in [0.2, 0.25) is 0 Å². The van der Waals surface area contributed by atoms with Crippen molar-refractivity contribution in [1.82, 2.24) is 0 Å². The third kappa shape index (κ3) is 13.4. The molecule has 0 unspecified atom stereocenters. The van der Waals surface area contributed by atoms with Crippen LogP contribution in [-0.4, -0.2) is 11.6 Å². The third-order valence-electron chi connectivity index (χ3n) is 2.84. The fourth-order valence-electron chi connectivity index (χ4n) is 1.85. The Labute approximate surface area is 125 Å². The number of unbranched alkanes of at least 4 members (excludes halogenated alkanes) is 2. The Balaban J connectivity index is 3.70. The van der Waals surface area contributed by atoms with E-state index in [1.54, 1.807) is 0 Å². The molecule has 0 aromatic heterocycles. The number of hydrogen-bond acceptors (Lipinski definition) is 2. The van der Waals surface area contributed by atoms with Crippen molar-refractivity contribution >= 4 is 5.97 Å². The van der Waals surface area contributed by atoms with Crippen molar-refractivity contribution in [3.63, 3.8) is 0 Å². The quantitative estimate of drug-likeness (QED) is 0.329. The summed E-state index contributed by atoms with van der Waals surface area (Å²) in [4.78, 5) is 11.5. The summed E-state index contributed by atoms with van der Waals surface area (Å²) in [5.74, 6) is -0.0817. The average Bonchev–Trinajstić information content (AvgIpc) is 2.25. The standard InChI is InChI=1S/C18H32O2/c1-15(2)11-10-13-16(3)12-8-7-9-14-17(19)20-18(4,5)6/h11-12H,7-10,13-14H2,1-6H3. The molecule has 0 aliphatic carbocycles. The lowest BCUT2D eigenvalue weighted by Crippen LogP contribution is -2.23. The fraction of sp³-hybridized carbons (Fsp3) is 0.722. The Hall–Kier alpha value is -1.05. The highest BCUT2D eigenvalue weighted by atomic mass is 16.6. The van der Waals surface area contributed by atoms with Gasteiger partial charge in [0.1, 0.15) is 5.60 Å². The zero-order valence-electron chi connectivity index (χ0n) is 14.2. The summed E-state index contributed by atoms with van der Waals surface area (Å²) in [6.07, 6.45) is 10.4. The van der Waals surface area contributed by atoms with E-state index in [0.717, 1.165) is 32.1 Å². The van der Waals surface area contributed by atoms with Crippen molar-refractivity contribution in [3.8, 4) is 0 Å². The van der Waals surface area contributed by atoms with Crippen LogP contribution in [0.4, 0.5) is 0 Å². The molecule has 2 nitrogen and oxygen atoms in total. The van der Waals surface area contributed by atoms with Gasteiger partial charge in [-0.05, 0) is 73.6 Å². The number of hydrogen-bond donors (Lipinski definition) is 0. The maximum Gasteiger partial charge on any atom is 0.306 e. The molecule has 0 spiro atoms. The highest BCUT2D eigenvalue weighted by Crippen LogP contribution is 2.12. The van der Waals surface area contributed by atoms with Crippen LogP contribution in [0.15, 0.2) is 23.3 Å². The second kappa shape index (κ2) is 9.79. The minimum Gasteiger partial charge on any atom is -0.460 e. The van der Waals surface area contributed by atoms with Gasteiger partial charge in [-0.15, -0.1) is 0 Å². The first-order valence-electron chi connectivity index (χ1n) is 7.71. The van der Waals surface area contributed by atoms with Gasteiger partial charge in [-0.25, -0.2) is 0 Å². The molecule has 0 amide bonds. The van der Waals surface area contributed by atoms with Gasteiger partial charge in [-0.1, -0.05) is 23.3 Å². The molecular formula is C18H32O2. The Morgan fingerprint density at radius 3 is 2.15 bits per heavy atom. The topological polar surface area (TPSA) is 26.3 Å². The van der Waals surface area contributed by atoms with Crippen molar-refractivity contribution in [3.05, 3.63) is 23.3 Å². The van der Waals surface area contributed by atoms with Gasteiger partial charge in [0.2, 0.25) is 0 Å². The van der Waals surface area contributed by atoms with Crippen LogP contribution in [0.1, 0.15) is 80.1 Å². The van der Waals surface area contributed by atoms with Crippen molar-refractivity contribution in [2.24, 2.45) is 0 Å². The number of ether oxygens (including phenoxy) is 1. The molecule has 0 N–H and O–H groups in total. The van der Waals surface area contributed by atoms with Crippen LogP contribution >= 0.6 is 0 Å². The van der Waals surface area contributed by atoms with Gasteiger partial charge in [-0.2, -0.15) is 0 Å². The number of esters is 1. The molecule has 0 saturated carbocycles. The van der Waals surface area contributed by atoms with E-state index in [2.05, 4.69) is 32.9 Å². The van der Waals surface area contributed by atoms with Crippen LogP contribution in [-0.2, 0) is 9.53 Å². The molecule has 0 saturated heterocycles. The smallest absolute Gasteiger partial charge is 0.306 e. The summed E-state index contributed by atoms with van der Waals surface area (Å²) < 4.78 is 5.28. The van der Waals surface area contributed by atoms with Crippen molar-refractivity contribution < 1.29 is 9.53 Å². The normalized spacial score (nSPS) is 12.2. The molecule has 0 aromatic rings. The fourth-order valence-corrected chi connectivity index (χ4v) is 1.85. The SMILES string of the molecule is CC(C)=CCCC(C)=CCCCCC(=O)OC(C)(C)C. The van der Waals surface area contributed by atoms with E-state index in [0.29, 0.717) is 6.42 Å². The van der Waals surface area contributed by atoms with E-state index in [4.69, 9.17) is 4.74 Å². The molecule has 116 valence electrons. The predicted molar refractivity (Wildman–Crippen MR) is 86.7 cm³/mol. The number of rotatable bonds is 8. The van der Waals surface area contributed by atoms with E-state index in [1.165, 1.54) is 11.1 Å². The summed E-state index contributed by atoms with van der Waals surface area (Å²) in [6.45, 7) is 12.2. The van der Waals surface area contributed by atoms with E-state index < -0.39 is 0 Å². The summed E-state index contributed by atoms with van der Waals surface area (Å²) >= 11 is 0. The Kier molecular flexibility index (Phi) is 9.28. The molecular weight excluding hydrogens is 248 g/mol. The van der Waals surface area contributed by atoms with E-state index in [1.807, 2.05) is 20.8 Å². The lowest BCUT2D eigenvalue weighted by Gasteiger charge is -2.19. The maximum absolute atomic E-state index is 11.5. The van der Waals surface area contributed by atoms with Gasteiger partial charge >= 0.3 is 5.97 Å².